The summed E-state index contributed by atoms with van der Waals surface area (Å²) in [6.45, 7) is 0. The summed E-state index contributed by atoms with van der Waals surface area (Å²) in [7, 11) is 0. The fourth-order valence-electron chi connectivity index (χ4n) is 5.72. The summed E-state index contributed by atoms with van der Waals surface area (Å²) >= 11 is 0. The molecule has 0 aliphatic heterocycles. The van der Waals surface area contributed by atoms with E-state index in [-0.39, 0.29) is 6.04 Å². The Morgan fingerprint density at radius 2 is 1.84 bits per heavy atom. The van der Waals surface area contributed by atoms with Gasteiger partial charge in [-0.15, -0.1) is 0 Å². The first-order chi connectivity index (χ1) is 9.26. The van der Waals surface area contributed by atoms with Crippen molar-refractivity contribution in [2.24, 2.45) is 29.0 Å². The molecule has 0 aromatic carbocycles. The van der Waals surface area contributed by atoms with E-state index in [0.29, 0.717) is 5.41 Å². The number of hydrazine groups is 1. The molecule has 4 aliphatic rings. The Hall–Kier alpha value is -0.800. The van der Waals surface area contributed by atoms with Crippen LogP contribution in [-0.4, -0.2) is 0 Å². The molecule has 1 heterocycles. The lowest BCUT2D eigenvalue weighted by molar-refractivity contribution is -0.0623. The lowest BCUT2D eigenvalue weighted by Crippen LogP contribution is -2.47. The number of nitrogens with one attached hydrogen (secondary N) is 1. The van der Waals surface area contributed by atoms with Gasteiger partial charge in [-0.05, 0) is 74.2 Å². The summed E-state index contributed by atoms with van der Waals surface area (Å²) in [5, 5.41) is 0. The maximum atomic E-state index is 5.80. The van der Waals surface area contributed by atoms with Crippen LogP contribution in [0.1, 0.15) is 56.6 Å². The molecule has 0 spiro atoms. The Balaban J connectivity index is 1.55. The molecule has 1 aromatic heterocycles. The molecule has 19 heavy (non-hydrogen) atoms. The van der Waals surface area contributed by atoms with E-state index >= 15 is 0 Å². The Labute approximate surface area is 114 Å². The summed E-state index contributed by atoms with van der Waals surface area (Å²) in [5.41, 5.74) is 4.78. The van der Waals surface area contributed by atoms with Gasteiger partial charge in [-0.25, -0.2) is 0 Å². The predicted molar refractivity (Wildman–Crippen MR) is 74.0 cm³/mol. The highest BCUT2D eigenvalue weighted by atomic mass is 16.3. The second kappa shape index (κ2) is 4.35. The minimum atomic E-state index is 0.259. The molecule has 0 radical (unpaired) electrons. The summed E-state index contributed by atoms with van der Waals surface area (Å²) in [4.78, 5) is 0. The van der Waals surface area contributed by atoms with E-state index in [0.717, 1.165) is 17.8 Å². The number of hydrogen-bond acceptors (Lipinski definition) is 3. The molecule has 4 aliphatic carbocycles. The van der Waals surface area contributed by atoms with E-state index in [1.54, 1.807) is 6.26 Å². The van der Waals surface area contributed by atoms with Crippen LogP contribution < -0.4 is 11.3 Å². The smallest absolute Gasteiger partial charge is 0.0950 e. The highest BCUT2D eigenvalue weighted by Crippen LogP contribution is 2.62. The molecule has 4 bridgehead atoms. The van der Waals surface area contributed by atoms with E-state index in [1.165, 1.54) is 50.5 Å². The van der Waals surface area contributed by atoms with E-state index in [2.05, 4.69) is 5.43 Å². The Morgan fingerprint density at radius 3 is 2.32 bits per heavy atom. The summed E-state index contributed by atoms with van der Waals surface area (Å²) in [6.07, 6.45) is 13.6. The van der Waals surface area contributed by atoms with Crippen LogP contribution in [0.4, 0.5) is 0 Å². The topological polar surface area (TPSA) is 51.2 Å². The molecular formula is C16H24N2O. The van der Waals surface area contributed by atoms with Gasteiger partial charge in [0.05, 0.1) is 12.5 Å². The maximum absolute atomic E-state index is 5.80. The van der Waals surface area contributed by atoms with E-state index in [9.17, 15) is 0 Å². The fourth-order valence-corrected chi connectivity index (χ4v) is 5.72. The van der Waals surface area contributed by atoms with Gasteiger partial charge in [0.2, 0.25) is 0 Å². The number of furan rings is 1. The maximum Gasteiger partial charge on any atom is 0.0950 e. The average molecular weight is 260 g/mol. The van der Waals surface area contributed by atoms with Crippen molar-refractivity contribution in [1.29, 1.82) is 0 Å². The highest BCUT2D eigenvalue weighted by Gasteiger charge is 2.51. The average Bonchev–Trinajstić information content (AvgIpc) is 2.88. The molecule has 3 heteroatoms. The van der Waals surface area contributed by atoms with Crippen LogP contribution in [0.2, 0.25) is 0 Å². The van der Waals surface area contributed by atoms with Gasteiger partial charge in [0.25, 0.3) is 0 Å². The summed E-state index contributed by atoms with van der Waals surface area (Å²) in [5.74, 6) is 8.83. The van der Waals surface area contributed by atoms with Crippen LogP contribution in [0.5, 0.6) is 0 Å². The summed E-state index contributed by atoms with van der Waals surface area (Å²) in [6, 6.07) is 2.31. The highest BCUT2D eigenvalue weighted by molar-refractivity contribution is 5.13. The molecule has 5 rings (SSSR count). The van der Waals surface area contributed by atoms with Crippen molar-refractivity contribution < 1.29 is 4.42 Å². The minimum Gasteiger partial charge on any atom is -0.472 e. The first-order valence-corrected chi connectivity index (χ1v) is 7.74. The van der Waals surface area contributed by atoms with Crippen molar-refractivity contribution in [1.82, 2.24) is 5.43 Å². The van der Waals surface area contributed by atoms with Gasteiger partial charge in [0.15, 0.2) is 0 Å². The molecular weight excluding hydrogens is 236 g/mol. The van der Waals surface area contributed by atoms with Crippen LogP contribution in [0.15, 0.2) is 23.0 Å². The van der Waals surface area contributed by atoms with Crippen molar-refractivity contribution in [2.75, 3.05) is 0 Å². The fraction of sp³-hybridized carbons (Fsp3) is 0.750. The third kappa shape index (κ3) is 2.03. The molecule has 4 fully saturated rings. The molecule has 1 aromatic rings. The largest absolute Gasteiger partial charge is 0.472 e. The van der Waals surface area contributed by atoms with Crippen molar-refractivity contribution in [3.8, 4) is 0 Å². The second-order valence-corrected chi connectivity index (χ2v) is 7.40. The van der Waals surface area contributed by atoms with Gasteiger partial charge in [-0.2, -0.15) is 0 Å². The van der Waals surface area contributed by atoms with Gasteiger partial charge in [0.1, 0.15) is 0 Å². The molecule has 3 nitrogen and oxygen atoms in total. The molecule has 1 atom stereocenters. The third-order valence-corrected chi connectivity index (χ3v) is 5.95. The van der Waals surface area contributed by atoms with Gasteiger partial charge >= 0.3 is 0 Å². The third-order valence-electron chi connectivity index (χ3n) is 5.95. The molecule has 0 amide bonds. The lowest BCUT2D eigenvalue weighted by atomic mass is 9.48. The van der Waals surface area contributed by atoms with Crippen LogP contribution in [0.3, 0.4) is 0 Å². The van der Waals surface area contributed by atoms with Gasteiger partial charge in [-0.1, -0.05) is 0 Å². The zero-order chi connectivity index (χ0) is 12.9. The minimum absolute atomic E-state index is 0.259. The Bertz CT molecular complexity index is 404. The van der Waals surface area contributed by atoms with Gasteiger partial charge < -0.3 is 4.42 Å². The van der Waals surface area contributed by atoms with Crippen LogP contribution in [0.25, 0.3) is 0 Å². The quantitative estimate of drug-likeness (QED) is 0.644. The van der Waals surface area contributed by atoms with Crippen molar-refractivity contribution in [3.63, 3.8) is 0 Å². The van der Waals surface area contributed by atoms with Gasteiger partial charge in [0, 0.05) is 11.6 Å². The number of nitrogens with two attached hydrogens (primary N) is 1. The first kappa shape index (κ1) is 12.0. The van der Waals surface area contributed by atoms with E-state index < -0.39 is 0 Å². The normalized spacial score (nSPS) is 41.6. The first-order valence-electron chi connectivity index (χ1n) is 7.74. The number of rotatable bonds is 4. The molecule has 3 N–H and O–H groups in total. The zero-order valence-corrected chi connectivity index (χ0v) is 11.5. The van der Waals surface area contributed by atoms with Crippen molar-refractivity contribution in [2.45, 2.75) is 51.0 Å². The second-order valence-electron chi connectivity index (χ2n) is 7.40. The Morgan fingerprint density at radius 1 is 1.21 bits per heavy atom. The van der Waals surface area contributed by atoms with Crippen molar-refractivity contribution in [3.05, 3.63) is 24.2 Å². The molecule has 104 valence electrons. The molecule has 0 saturated heterocycles. The van der Waals surface area contributed by atoms with Crippen molar-refractivity contribution >= 4 is 0 Å². The summed E-state index contributed by atoms with van der Waals surface area (Å²) < 4.78 is 5.22. The lowest BCUT2D eigenvalue weighted by Gasteiger charge is -2.57. The van der Waals surface area contributed by atoms with Crippen LogP contribution in [0, 0.1) is 23.2 Å². The predicted octanol–water partition coefficient (Wildman–Crippen LogP) is 3.39. The zero-order valence-electron chi connectivity index (χ0n) is 11.5. The standard InChI is InChI=1S/C16H24N2O/c17-18-15(14-1-2-19-10-14)9-16-6-11-3-12(7-16)5-13(4-11)8-16/h1-2,10-13,15,18H,3-9,17H2. The number of hydrogen-bond donors (Lipinski definition) is 2. The monoisotopic (exact) mass is 260 g/mol. The van der Waals surface area contributed by atoms with E-state index in [1.807, 2.05) is 12.3 Å². The van der Waals surface area contributed by atoms with E-state index in [4.69, 9.17) is 10.3 Å². The molecule has 4 saturated carbocycles. The SMILES string of the molecule is NNC(CC12CC3CC(CC(C3)C1)C2)c1ccoc1. The van der Waals surface area contributed by atoms with Crippen LogP contribution in [-0.2, 0) is 0 Å². The van der Waals surface area contributed by atoms with Crippen LogP contribution >= 0.6 is 0 Å². The molecule has 1 unspecified atom stereocenters. The van der Waals surface area contributed by atoms with Gasteiger partial charge in [-0.3, -0.25) is 11.3 Å². The Kier molecular flexibility index (Phi) is 2.75.